The largest absolute Gasteiger partial charge is 0.490 e. The van der Waals surface area contributed by atoms with Crippen molar-refractivity contribution in [3.8, 4) is 0 Å². The van der Waals surface area contributed by atoms with Crippen molar-refractivity contribution in [1.82, 2.24) is 25.0 Å². The summed E-state index contributed by atoms with van der Waals surface area (Å²) in [6.45, 7) is 2.58. The van der Waals surface area contributed by atoms with Crippen LogP contribution in [0.2, 0.25) is 5.02 Å². The van der Waals surface area contributed by atoms with Crippen molar-refractivity contribution >= 4 is 34.4 Å². The van der Waals surface area contributed by atoms with Gasteiger partial charge in [0.15, 0.2) is 0 Å². The maximum Gasteiger partial charge on any atom is 0.490 e. The highest BCUT2D eigenvalue weighted by Crippen LogP contribution is 2.24. The summed E-state index contributed by atoms with van der Waals surface area (Å²) in [4.78, 5) is 20.4. The Bertz CT molecular complexity index is 1080. The van der Waals surface area contributed by atoms with Crippen molar-refractivity contribution in [2.45, 2.75) is 32.2 Å². The van der Waals surface area contributed by atoms with E-state index in [1.165, 1.54) is 0 Å². The molecule has 13 heteroatoms. The number of aliphatic carboxylic acids is 1. The Morgan fingerprint density at radius 1 is 1.28 bits per heavy atom. The standard InChI is InChI=1S/C17H19ClN6O.C2HF3O2/c18-13-3-4-15-16(6-13)20-17(7-19-15)23-5-1-2-12(8-23)9-24-10-14(11-25)21-22-24;3-2(4,5)1(6)7/h3-4,6-7,10,12,25H,1-2,5,8-9,11H2;(H,6,7). The van der Waals surface area contributed by atoms with Crippen LogP contribution in [-0.4, -0.2) is 60.4 Å². The first-order valence-corrected chi connectivity index (χ1v) is 10.0. The van der Waals surface area contributed by atoms with Gasteiger partial charge in [-0.15, -0.1) is 5.10 Å². The molecule has 0 saturated carbocycles. The summed E-state index contributed by atoms with van der Waals surface area (Å²) >= 11 is 6.07. The number of aliphatic hydroxyl groups is 1. The molecule has 1 atom stereocenters. The van der Waals surface area contributed by atoms with E-state index in [1.807, 2.05) is 29.1 Å². The molecule has 3 aromatic rings. The topological polar surface area (TPSA) is 117 Å². The first-order valence-electron chi connectivity index (χ1n) is 9.63. The van der Waals surface area contributed by atoms with E-state index in [-0.39, 0.29) is 6.61 Å². The number of anilines is 1. The monoisotopic (exact) mass is 472 g/mol. The second-order valence-corrected chi connectivity index (χ2v) is 7.64. The maximum absolute atomic E-state index is 10.6. The lowest BCUT2D eigenvalue weighted by Gasteiger charge is -2.33. The third-order valence-electron chi connectivity index (χ3n) is 4.77. The second-order valence-electron chi connectivity index (χ2n) is 7.21. The summed E-state index contributed by atoms with van der Waals surface area (Å²) in [5.74, 6) is -1.42. The third-order valence-corrected chi connectivity index (χ3v) is 5.01. The van der Waals surface area contributed by atoms with Gasteiger partial charge in [0.1, 0.15) is 11.5 Å². The average Bonchev–Trinajstić information content (AvgIpc) is 3.20. The zero-order chi connectivity index (χ0) is 23.3. The minimum atomic E-state index is -5.08. The molecular formula is C19H20ClF3N6O3. The maximum atomic E-state index is 10.6. The summed E-state index contributed by atoms with van der Waals surface area (Å²) in [6, 6.07) is 5.56. The SMILES string of the molecule is O=C(O)C(F)(F)F.OCc1cn(CC2CCCN(c3cnc4ccc(Cl)cc4n3)C2)nn1. The van der Waals surface area contributed by atoms with Gasteiger partial charge in [0.25, 0.3) is 0 Å². The van der Waals surface area contributed by atoms with Gasteiger partial charge in [-0.05, 0) is 37.0 Å². The van der Waals surface area contributed by atoms with E-state index in [4.69, 9.17) is 31.6 Å². The molecule has 4 rings (SSSR count). The van der Waals surface area contributed by atoms with Gasteiger partial charge in [-0.25, -0.2) is 9.78 Å². The number of carbonyl (C=O) groups is 1. The molecule has 1 aliphatic heterocycles. The van der Waals surface area contributed by atoms with Crippen LogP contribution >= 0.6 is 11.6 Å². The number of alkyl halides is 3. The van der Waals surface area contributed by atoms with Crippen LogP contribution < -0.4 is 4.90 Å². The number of carboxylic acids is 1. The second kappa shape index (κ2) is 10.1. The number of benzene rings is 1. The molecule has 9 nitrogen and oxygen atoms in total. The summed E-state index contributed by atoms with van der Waals surface area (Å²) in [5.41, 5.74) is 2.27. The van der Waals surface area contributed by atoms with Gasteiger partial charge in [0, 0.05) is 24.7 Å². The van der Waals surface area contributed by atoms with Crippen molar-refractivity contribution in [2.24, 2.45) is 5.92 Å². The molecular weight excluding hydrogens is 453 g/mol. The van der Waals surface area contributed by atoms with Crippen molar-refractivity contribution < 1.29 is 28.2 Å². The molecule has 1 aliphatic rings. The van der Waals surface area contributed by atoms with E-state index in [9.17, 15) is 13.2 Å². The van der Waals surface area contributed by atoms with Crippen LogP contribution in [0.5, 0.6) is 0 Å². The normalized spacial score (nSPS) is 16.5. The van der Waals surface area contributed by atoms with E-state index in [1.54, 1.807) is 6.20 Å². The number of carboxylic acid groups (broad SMARTS) is 1. The van der Waals surface area contributed by atoms with Crippen molar-refractivity contribution in [3.05, 3.63) is 41.3 Å². The molecule has 0 radical (unpaired) electrons. The lowest BCUT2D eigenvalue weighted by Crippen LogP contribution is -2.37. The smallest absolute Gasteiger partial charge is 0.475 e. The third kappa shape index (κ3) is 6.26. The zero-order valence-electron chi connectivity index (χ0n) is 16.7. The molecule has 1 unspecified atom stereocenters. The lowest BCUT2D eigenvalue weighted by atomic mass is 9.98. The van der Waals surface area contributed by atoms with Gasteiger partial charge in [-0.1, -0.05) is 16.8 Å². The van der Waals surface area contributed by atoms with Crippen molar-refractivity contribution in [2.75, 3.05) is 18.0 Å². The summed E-state index contributed by atoms with van der Waals surface area (Å²) in [7, 11) is 0. The number of aromatic nitrogens is 5. The van der Waals surface area contributed by atoms with Crippen LogP contribution in [0.25, 0.3) is 11.0 Å². The van der Waals surface area contributed by atoms with Gasteiger partial charge < -0.3 is 15.1 Å². The number of piperidine rings is 1. The molecule has 1 aromatic carbocycles. The summed E-state index contributed by atoms with van der Waals surface area (Å²) in [5, 5.41) is 24.9. The van der Waals surface area contributed by atoms with E-state index in [0.29, 0.717) is 16.6 Å². The van der Waals surface area contributed by atoms with E-state index in [2.05, 4.69) is 20.2 Å². The van der Waals surface area contributed by atoms with Crippen molar-refractivity contribution in [3.63, 3.8) is 0 Å². The molecule has 0 spiro atoms. The fraction of sp³-hybridized carbons (Fsp3) is 0.421. The Hall–Kier alpha value is -2.99. The number of fused-ring (bicyclic) bond motifs is 1. The minimum absolute atomic E-state index is 0.0774. The minimum Gasteiger partial charge on any atom is -0.475 e. The summed E-state index contributed by atoms with van der Waals surface area (Å²) < 4.78 is 33.5. The molecule has 0 amide bonds. The van der Waals surface area contributed by atoms with Crippen LogP contribution in [0, 0.1) is 5.92 Å². The van der Waals surface area contributed by atoms with E-state index in [0.717, 1.165) is 49.3 Å². The van der Waals surface area contributed by atoms with Gasteiger partial charge in [0.05, 0.1) is 30.0 Å². The average molecular weight is 473 g/mol. The van der Waals surface area contributed by atoms with E-state index >= 15 is 0 Å². The molecule has 1 saturated heterocycles. The molecule has 2 aromatic heterocycles. The number of aliphatic hydroxyl groups excluding tert-OH is 1. The number of halogens is 4. The van der Waals surface area contributed by atoms with Gasteiger partial charge in [-0.3, -0.25) is 9.67 Å². The van der Waals surface area contributed by atoms with Crippen LogP contribution in [-0.2, 0) is 17.9 Å². The molecule has 0 aliphatic carbocycles. The Morgan fingerprint density at radius 2 is 2.03 bits per heavy atom. The molecule has 1 fully saturated rings. The predicted octanol–water partition coefficient (Wildman–Crippen LogP) is 2.92. The lowest BCUT2D eigenvalue weighted by molar-refractivity contribution is -0.192. The first kappa shape index (κ1) is 23.7. The quantitative estimate of drug-likeness (QED) is 0.595. The Morgan fingerprint density at radius 3 is 2.69 bits per heavy atom. The molecule has 0 bridgehead atoms. The summed E-state index contributed by atoms with van der Waals surface area (Å²) in [6.07, 6.45) is 0.786. The zero-order valence-corrected chi connectivity index (χ0v) is 17.5. The highest BCUT2D eigenvalue weighted by molar-refractivity contribution is 6.31. The fourth-order valence-corrected chi connectivity index (χ4v) is 3.48. The highest BCUT2D eigenvalue weighted by Gasteiger charge is 2.38. The Balaban J connectivity index is 0.000000360. The number of hydrogen-bond donors (Lipinski definition) is 2. The van der Waals surface area contributed by atoms with Gasteiger partial charge >= 0.3 is 12.1 Å². The Kier molecular flexibility index (Phi) is 7.46. The number of hydrogen-bond acceptors (Lipinski definition) is 7. The molecule has 3 heterocycles. The van der Waals surface area contributed by atoms with E-state index < -0.39 is 12.1 Å². The molecule has 2 N–H and O–H groups in total. The highest BCUT2D eigenvalue weighted by atomic mass is 35.5. The molecule has 32 heavy (non-hydrogen) atoms. The first-order chi connectivity index (χ1) is 15.2. The predicted molar refractivity (Wildman–Crippen MR) is 109 cm³/mol. The van der Waals surface area contributed by atoms with Gasteiger partial charge in [0.2, 0.25) is 0 Å². The van der Waals surface area contributed by atoms with Crippen molar-refractivity contribution in [1.29, 1.82) is 0 Å². The van der Waals surface area contributed by atoms with Crippen LogP contribution in [0.3, 0.4) is 0 Å². The number of rotatable bonds is 4. The fourth-order valence-electron chi connectivity index (χ4n) is 3.31. The number of nitrogens with zero attached hydrogens (tertiary/aromatic N) is 6. The Labute approximate surface area is 185 Å². The van der Waals surface area contributed by atoms with Crippen LogP contribution in [0.15, 0.2) is 30.6 Å². The molecule has 172 valence electrons. The van der Waals surface area contributed by atoms with Crippen LogP contribution in [0.4, 0.5) is 19.0 Å². The van der Waals surface area contributed by atoms with Crippen LogP contribution in [0.1, 0.15) is 18.5 Å². The van der Waals surface area contributed by atoms with Gasteiger partial charge in [-0.2, -0.15) is 13.2 Å².